The molecule has 3 rings (SSSR count). The monoisotopic (exact) mass is 540 g/mol. The van der Waals surface area contributed by atoms with Gasteiger partial charge in [-0.15, -0.1) is 0 Å². The van der Waals surface area contributed by atoms with Crippen LogP contribution in [-0.2, 0) is 20.5 Å². The SMILES string of the molecule is Cn1c(NCCCN2CCN(c3ccccc3OCC(F)(F)C(F)F)CC2)c(CCC#N)c(=O)n(C)c1=O. The molecule has 208 valence electrons. The number of nitrogens with zero attached hydrogens (tertiary/aromatic N) is 5. The van der Waals surface area contributed by atoms with Crippen LogP contribution >= 0.6 is 0 Å². The highest BCUT2D eigenvalue weighted by Gasteiger charge is 2.42. The van der Waals surface area contributed by atoms with Crippen LogP contribution in [0.15, 0.2) is 33.9 Å². The van der Waals surface area contributed by atoms with Gasteiger partial charge < -0.3 is 15.0 Å². The first-order valence-electron chi connectivity index (χ1n) is 12.3. The molecule has 2 aromatic rings. The molecule has 2 heterocycles. The fraction of sp³-hybridized carbons (Fsp3) is 0.560. The maximum atomic E-state index is 13.3. The first-order valence-corrected chi connectivity index (χ1v) is 12.3. The second-order valence-corrected chi connectivity index (χ2v) is 9.12. The van der Waals surface area contributed by atoms with Crippen molar-refractivity contribution in [1.29, 1.82) is 5.26 Å². The molecule has 0 bridgehead atoms. The molecule has 1 aliphatic heterocycles. The number of piperazine rings is 1. The van der Waals surface area contributed by atoms with Crippen molar-refractivity contribution in [3.05, 3.63) is 50.7 Å². The Labute approximate surface area is 217 Å². The third-order valence-corrected chi connectivity index (χ3v) is 6.51. The number of nitrogens with one attached hydrogen (secondary N) is 1. The smallest absolute Gasteiger partial charge is 0.340 e. The van der Waals surface area contributed by atoms with Gasteiger partial charge in [-0.25, -0.2) is 13.6 Å². The van der Waals surface area contributed by atoms with Crippen molar-refractivity contribution < 1.29 is 22.3 Å². The summed E-state index contributed by atoms with van der Waals surface area (Å²) >= 11 is 0. The van der Waals surface area contributed by atoms with Crippen molar-refractivity contribution in [3.8, 4) is 11.8 Å². The molecular weight excluding hydrogens is 508 g/mol. The summed E-state index contributed by atoms with van der Waals surface area (Å²) in [5, 5.41) is 12.1. The van der Waals surface area contributed by atoms with Crippen molar-refractivity contribution in [2.45, 2.75) is 31.6 Å². The van der Waals surface area contributed by atoms with E-state index in [-0.39, 0.29) is 18.6 Å². The van der Waals surface area contributed by atoms with Crippen molar-refractivity contribution in [1.82, 2.24) is 14.0 Å². The molecule has 1 N–H and O–H groups in total. The number of benzene rings is 1. The molecule has 1 aromatic carbocycles. The normalized spacial score (nSPS) is 14.5. The van der Waals surface area contributed by atoms with Crippen LogP contribution in [0.1, 0.15) is 18.4 Å². The largest absolute Gasteiger partial charge is 0.485 e. The molecule has 0 atom stereocenters. The molecule has 0 saturated carbocycles. The molecular formula is C25H32F4N6O3. The average molecular weight is 541 g/mol. The number of alkyl halides is 4. The minimum atomic E-state index is -4.23. The van der Waals surface area contributed by atoms with E-state index in [1.807, 2.05) is 11.0 Å². The molecule has 0 radical (unpaired) electrons. The van der Waals surface area contributed by atoms with E-state index >= 15 is 0 Å². The number of para-hydroxylation sites is 2. The number of hydrogen-bond acceptors (Lipinski definition) is 7. The Kier molecular flexibility index (Phi) is 9.79. The minimum absolute atomic E-state index is 0.136. The number of ether oxygens (including phenoxy) is 1. The van der Waals surface area contributed by atoms with Crippen LogP contribution in [0.4, 0.5) is 29.1 Å². The predicted octanol–water partition coefficient (Wildman–Crippen LogP) is 2.44. The molecule has 9 nitrogen and oxygen atoms in total. The quantitative estimate of drug-likeness (QED) is 0.327. The van der Waals surface area contributed by atoms with Crippen LogP contribution in [0.2, 0.25) is 0 Å². The van der Waals surface area contributed by atoms with E-state index in [0.717, 1.165) is 17.5 Å². The van der Waals surface area contributed by atoms with Crippen LogP contribution in [0, 0.1) is 11.3 Å². The van der Waals surface area contributed by atoms with Crippen molar-refractivity contribution in [2.75, 3.05) is 56.1 Å². The summed E-state index contributed by atoms with van der Waals surface area (Å²) in [5.74, 6) is -3.67. The summed E-state index contributed by atoms with van der Waals surface area (Å²) in [7, 11) is 2.99. The fourth-order valence-electron chi connectivity index (χ4n) is 4.34. The van der Waals surface area contributed by atoms with Gasteiger partial charge in [0, 0.05) is 53.2 Å². The van der Waals surface area contributed by atoms with Gasteiger partial charge in [-0.1, -0.05) is 12.1 Å². The number of anilines is 2. The molecule has 1 saturated heterocycles. The fourth-order valence-corrected chi connectivity index (χ4v) is 4.34. The Balaban J connectivity index is 1.53. The zero-order valence-electron chi connectivity index (χ0n) is 21.4. The van der Waals surface area contributed by atoms with Gasteiger partial charge >= 0.3 is 18.0 Å². The third-order valence-electron chi connectivity index (χ3n) is 6.51. The first-order chi connectivity index (χ1) is 18.1. The molecule has 1 aliphatic rings. The highest BCUT2D eigenvalue weighted by atomic mass is 19.3. The standard InChI is InChI=1S/C25H32F4N6O3/c1-32-21(18(7-5-10-30)22(36)33(2)24(32)37)31-11-6-12-34-13-15-35(16-14-34)19-8-3-4-9-20(19)38-17-25(28,29)23(26)27/h3-4,8-9,23,31H,5-7,11-17H2,1-2H3. The lowest BCUT2D eigenvalue weighted by atomic mass is 10.1. The molecule has 1 fully saturated rings. The zero-order chi connectivity index (χ0) is 27.9. The van der Waals surface area contributed by atoms with Gasteiger partial charge in [-0.3, -0.25) is 18.8 Å². The van der Waals surface area contributed by atoms with E-state index in [1.54, 1.807) is 25.2 Å². The molecule has 0 amide bonds. The van der Waals surface area contributed by atoms with Gasteiger partial charge in [0.15, 0.2) is 6.61 Å². The van der Waals surface area contributed by atoms with E-state index < -0.39 is 30.2 Å². The summed E-state index contributed by atoms with van der Waals surface area (Å²) in [5.41, 5.74) is 0.119. The van der Waals surface area contributed by atoms with E-state index in [1.165, 1.54) is 17.7 Å². The summed E-state index contributed by atoms with van der Waals surface area (Å²) in [6.07, 6.45) is -2.67. The van der Waals surface area contributed by atoms with Gasteiger partial charge in [-0.05, 0) is 31.5 Å². The number of hydrogen-bond donors (Lipinski definition) is 1. The van der Waals surface area contributed by atoms with Gasteiger partial charge in [0.2, 0.25) is 0 Å². The number of halogens is 4. The lowest BCUT2D eigenvalue weighted by Crippen LogP contribution is -2.47. The Hall–Kier alpha value is -3.53. The molecule has 13 heteroatoms. The van der Waals surface area contributed by atoms with Crippen LogP contribution in [0.3, 0.4) is 0 Å². The Morgan fingerprint density at radius 2 is 1.79 bits per heavy atom. The average Bonchev–Trinajstić information content (AvgIpc) is 2.91. The summed E-state index contributed by atoms with van der Waals surface area (Å²) in [4.78, 5) is 29.1. The van der Waals surface area contributed by atoms with Crippen LogP contribution in [0.25, 0.3) is 0 Å². The Morgan fingerprint density at radius 1 is 1.11 bits per heavy atom. The van der Waals surface area contributed by atoms with Crippen LogP contribution < -0.4 is 26.2 Å². The van der Waals surface area contributed by atoms with E-state index in [0.29, 0.717) is 49.8 Å². The predicted molar refractivity (Wildman–Crippen MR) is 136 cm³/mol. The van der Waals surface area contributed by atoms with Crippen LogP contribution in [-0.4, -0.2) is 72.3 Å². The van der Waals surface area contributed by atoms with Gasteiger partial charge in [0.1, 0.15) is 11.6 Å². The molecule has 38 heavy (non-hydrogen) atoms. The Morgan fingerprint density at radius 3 is 2.45 bits per heavy atom. The lowest BCUT2D eigenvalue weighted by molar-refractivity contribution is -0.148. The highest BCUT2D eigenvalue weighted by Crippen LogP contribution is 2.31. The maximum absolute atomic E-state index is 13.3. The maximum Gasteiger partial charge on any atom is 0.340 e. The van der Waals surface area contributed by atoms with E-state index in [4.69, 9.17) is 10.00 Å². The van der Waals surface area contributed by atoms with Gasteiger partial charge in [-0.2, -0.15) is 14.0 Å². The number of rotatable bonds is 12. The Bertz CT molecular complexity index is 1250. The lowest BCUT2D eigenvalue weighted by Gasteiger charge is -2.36. The molecule has 0 aliphatic carbocycles. The van der Waals surface area contributed by atoms with Gasteiger partial charge in [0.05, 0.1) is 17.3 Å². The highest BCUT2D eigenvalue weighted by molar-refractivity contribution is 5.58. The third kappa shape index (κ3) is 6.86. The van der Waals surface area contributed by atoms with Crippen LogP contribution in [0.5, 0.6) is 5.75 Å². The molecule has 1 aromatic heterocycles. The second kappa shape index (κ2) is 12.8. The first kappa shape index (κ1) is 29.0. The topological polar surface area (TPSA) is 95.5 Å². The molecule has 0 unspecified atom stereocenters. The summed E-state index contributed by atoms with van der Waals surface area (Å²) in [6, 6.07) is 8.57. The minimum Gasteiger partial charge on any atom is -0.485 e. The van der Waals surface area contributed by atoms with Crippen molar-refractivity contribution in [3.63, 3.8) is 0 Å². The van der Waals surface area contributed by atoms with Crippen molar-refractivity contribution >= 4 is 11.5 Å². The number of nitriles is 1. The van der Waals surface area contributed by atoms with Gasteiger partial charge in [0.25, 0.3) is 5.56 Å². The molecule has 0 spiro atoms. The second-order valence-electron chi connectivity index (χ2n) is 9.12. The van der Waals surface area contributed by atoms with E-state index in [9.17, 15) is 27.2 Å². The summed E-state index contributed by atoms with van der Waals surface area (Å²) in [6.45, 7) is 2.44. The van der Waals surface area contributed by atoms with E-state index in [2.05, 4.69) is 10.2 Å². The number of aromatic nitrogens is 2. The summed E-state index contributed by atoms with van der Waals surface area (Å²) < 4.78 is 59.1. The zero-order valence-corrected chi connectivity index (χ0v) is 21.4. The van der Waals surface area contributed by atoms with Crippen molar-refractivity contribution in [2.24, 2.45) is 14.1 Å².